The van der Waals surface area contributed by atoms with Crippen molar-refractivity contribution in [2.75, 3.05) is 13.1 Å². The van der Waals surface area contributed by atoms with Gasteiger partial charge in [-0.25, -0.2) is 0 Å². The van der Waals surface area contributed by atoms with E-state index in [1.807, 2.05) is 26.0 Å². The van der Waals surface area contributed by atoms with Crippen LogP contribution < -0.4 is 11.1 Å². The van der Waals surface area contributed by atoms with Crippen molar-refractivity contribution in [3.63, 3.8) is 0 Å². The van der Waals surface area contributed by atoms with E-state index in [0.717, 1.165) is 5.56 Å². The minimum atomic E-state index is -0.398. The third-order valence-electron chi connectivity index (χ3n) is 3.59. The summed E-state index contributed by atoms with van der Waals surface area (Å²) in [4.78, 5) is 26.2. The molecule has 1 aliphatic heterocycles. The van der Waals surface area contributed by atoms with Crippen molar-refractivity contribution in [1.29, 1.82) is 0 Å². The van der Waals surface area contributed by atoms with Gasteiger partial charge in [0.1, 0.15) is 6.04 Å². The fourth-order valence-corrected chi connectivity index (χ4v) is 2.52. The average Bonchev–Trinajstić information content (AvgIpc) is 2.46. The largest absolute Gasteiger partial charge is 0.353 e. The van der Waals surface area contributed by atoms with Gasteiger partial charge in [0, 0.05) is 25.2 Å². The van der Waals surface area contributed by atoms with Gasteiger partial charge in [-0.05, 0) is 23.6 Å². The molecule has 5 heteroatoms. The molecule has 5 nitrogen and oxygen atoms in total. The molecule has 1 unspecified atom stereocenters. The quantitative estimate of drug-likeness (QED) is 0.854. The molecule has 0 bridgehead atoms. The van der Waals surface area contributed by atoms with Crippen LogP contribution in [0.2, 0.25) is 0 Å². The van der Waals surface area contributed by atoms with E-state index in [4.69, 9.17) is 5.73 Å². The second-order valence-electron chi connectivity index (χ2n) is 5.38. The number of rotatable bonds is 3. The zero-order valence-electron chi connectivity index (χ0n) is 11.9. The van der Waals surface area contributed by atoms with Crippen molar-refractivity contribution < 1.29 is 9.59 Å². The molecule has 1 aromatic rings. The van der Waals surface area contributed by atoms with Crippen molar-refractivity contribution in [2.24, 2.45) is 11.7 Å². The SMILES string of the molecule is CC(C)C1C(=O)NCCN1C(=O)c1ccc(CN)cc1. The molecule has 2 amide bonds. The first-order valence-corrected chi connectivity index (χ1v) is 6.92. The molecule has 0 radical (unpaired) electrons. The molecular formula is C15H21N3O2. The van der Waals surface area contributed by atoms with Crippen molar-refractivity contribution in [1.82, 2.24) is 10.2 Å². The standard InChI is InChI=1S/C15H21N3O2/c1-10(2)13-14(19)17-7-8-18(13)15(20)12-5-3-11(9-16)4-6-12/h3-6,10,13H,7-9,16H2,1-2H3,(H,17,19). The Morgan fingerprint density at radius 3 is 2.60 bits per heavy atom. The number of amides is 2. The predicted molar refractivity (Wildman–Crippen MR) is 77.0 cm³/mol. The topological polar surface area (TPSA) is 75.4 Å². The number of nitrogens with one attached hydrogen (secondary N) is 1. The molecule has 1 fully saturated rings. The maximum atomic E-state index is 12.6. The van der Waals surface area contributed by atoms with E-state index >= 15 is 0 Å². The highest BCUT2D eigenvalue weighted by atomic mass is 16.2. The number of nitrogens with zero attached hydrogens (tertiary/aromatic N) is 1. The lowest BCUT2D eigenvalue weighted by atomic mass is 9.98. The Bertz CT molecular complexity index is 496. The van der Waals surface area contributed by atoms with Gasteiger partial charge in [-0.1, -0.05) is 26.0 Å². The van der Waals surface area contributed by atoms with Gasteiger partial charge in [-0.2, -0.15) is 0 Å². The van der Waals surface area contributed by atoms with E-state index in [-0.39, 0.29) is 17.7 Å². The third kappa shape index (κ3) is 2.82. The normalized spacial score (nSPS) is 19.1. The first kappa shape index (κ1) is 14.5. The van der Waals surface area contributed by atoms with Gasteiger partial charge >= 0.3 is 0 Å². The average molecular weight is 275 g/mol. The lowest BCUT2D eigenvalue weighted by Crippen LogP contribution is -2.59. The van der Waals surface area contributed by atoms with E-state index in [2.05, 4.69) is 5.32 Å². The van der Waals surface area contributed by atoms with Crippen LogP contribution in [-0.4, -0.2) is 35.8 Å². The smallest absolute Gasteiger partial charge is 0.254 e. The summed E-state index contributed by atoms with van der Waals surface area (Å²) >= 11 is 0. The van der Waals surface area contributed by atoms with Crippen LogP contribution in [-0.2, 0) is 11.3 Å². The van der Waals surface area contributed by atoms with E-state index in [1.165, 1.54) is 0 Å². The Kier molecular flexibility index (Phi) is 4.39. The van der Waals surface area contributed by atoms with Gasteiger partial charge in [0.15, 0.2) is 0 Å². The Morgan fingerprint density at radius 1 is 1.40 bits per heavy atom. The summed E-state index contributed by atoms with van der Waals surface area (Å²) in [7, 11) is 0. The molecule has 1 atom stereocenters. The van der Waals surface area contributed by atoms with Crippen molar-refractivity contribution in [3.8, 4) is 0 Å². The third-order valence-corrected chi connectivity index (χ3v) is 3.59. The highest BCUT2D eigenvalue weighted by molar-refractivity contribution is 5.98. The Hall–Kier alpha value is -1.88. The summed E-state index contributed by atoms with van der Waals surface area (Å²) in [5.41, 5.74) is 7.13. The van der Waals surface area contributed by atoms with E-state index < -0.39 is 6.04 Å². The van der Waals surface area contributed by atoms with Crippen LogP contribution in [0, 0.1) is 5.92 Å². The number of carbonyl (C=O) groups is 2. The van der Waals surface area contributed by atoms with Gasteiger partial charge in [0.25, 0.3) is 5.91 Å². The summed E-state index contributed by atoms with van der Waals surface area (Å²) in [5.74, 6) is -0.0807. The van der Waals surface area contributed by atoms with E-state index in [0.29, 0.717) is 25.2 Å². The summed E-state index contributed by atoms with van der Waals surface area (Å²) in [6.45, 7) is 5.41. The number of hydrogen-bond acceptors (Lipinski definition) is 3. The Balaban J connectivity index is 2.23. The molecule has 108 valence electrons. The predicted octanol–water partition coefficient (Wildman–Crippen LogP) is 0.742. The van der Waals surface area contributed by atoms with Gasteiger partial charge in [-0.3, -0.25) is 9.59 Å². The molecular weight excluding hydrogens is 254 g/mol. The fourth-order valence-electron chi connectivity index (χ4n) is 2.52. The zero-order chi connectivity index (χ0) is 14.7. The van der Waals surface area contributed by atoms with Gasteiger partial charge in [0.2, 0.25) is 5.91 Å². The highest BCUT2D eigenvalue weighted by Gasteiger charge is 2.35. The first-order valence-electron chi connectivity index (χ1n) is 6.92. The molecule has 1 saturated heterocycles. The maximum absolute atomic E-state index is 12.6. The molecule has 20 heavy (non-hydrogen) atoms. The van der Waals surface area contributed by atoms with Crippen molar-refractivity contribution in [2.45, 2.75) is 26.4 Å². The molecule has 0 aromatic heterocycles. The van der Waals surface area contributed by atoms with Crippen LogP contribution in [0.1, 0.15) is 29.8 Å². The first-order chi connectivity index (χ1) is 9.54. The molecule has 1 aromatic carbocycles. The minimum absolute atomic E-state index is 0.0711. The van der Waals surface area contributed by atoms with E-state index in [9.17, 15) is 9.59 Å². The van der Waals surface area contributed by atoms with Crippen LogP contribution >= 0.6 is 0 Å². The summed E-state index contributed by atoms with van der Waals surface area (Å²) < 4.78 is 0. The lowest BCUT2D eigenvalue weighted by Gasteiger charge is -2.37. The molecule has 0 aliphatic carbocycles. The maximum Gasteiger partial charge on any atom is 0.254 e. The molecule has 1 heterocycles. The Labute approximate surface area is 119 Å². The summed E-state index contributed by atoms with van der Waals surface area (Å²) in [6, 6.07) is 6.84. The number of hydrogen-bond donors (Lipinski definition) is 2. The van der Waals surface area contributed by atoms with Crippen molar-refractivity contribution >= 4 is 11.8 Å². The monoisotopic (exact) mass is 275 g/mol. The second-order valence-corrected chi connectivity index (χ2v) is 5.38. The van der Waals surface area contributed by atoms with E-state index in [1.54, 1.807) is 17.0 Å². The van der Waals surface area contributed by atoms with Crippen LogP contribution in [0.5, 0.6) is 0 Å². The van der Waals surface area contributed by atoms with Gasteiger partial charge < -0.3 is 16.0 Å². The highest BCUT2D eigenvalue weighted by Crippen LogP contribution is 2.17. The molecule has 0 saturated carbocycles. The van der Waals surface area contributed by atoms with Crippen LogP contribution in [0.15, 0.2) is 24.3 Å². The van der Waals surface area contributed by atoms with Crippen LogP contribution in [0.3, 0.4) is 0 Å². The number of piperazine rings is 1. The van der Waals surface area contributed by atoms with Gasteiger partial charge in [0.05, 0.1) is 0 Å². The van der Waals surface area contributed by atoms with Crippen LogP contribution in [0.4, 0.5) is 0 Å². The zero-order valence-corrected chi connectivity index (χ0v) is 11.9. The number of nitrogens with two attached hydrogens (primary N) is 1. The lowest BCUT2D eigenvalue weighted by molar-refractivity contribution is -0.129. The van der Waals surface area contributed by atoms with Crippen molar-refractivity contribution in [3.05, 3.63) is 35.4 Å². The molecule has 1 aliphatic rings. The number of benzene rings is 1. The molecule has 3 N–H and O–H groups in total. The van der Waals surface area contributed by atoms with Gasteiger partial charge in [-0.15, -0.1) is 0 Å². The summed E-state index contributed by atoms with van der Waals surface area (Å²) in [6.07, 6.45) is 0. The molecule has 0 spiro atoms. The van der Waals surface area contributed by atoms with Crippen LogP contribution in [0.25, 0.3) is 0 Å². The second kappa shape index (κ2) is 6.05. The molecule has 2 rings (SSSR count). The Morgan fingerprint density at radius 2 is 2.05 bits per heavy atom. The fraction of sp³-hybridized carbons (Fsp3) is 0.467. The number of carbonyl (C=O) groups excluding carboxylic acids is 2. The minimum Gasteiger partial charge on any atom is -0.353 e. The summed E-state index contributed by atoms with van der Waals surface area (Å²) in [5, 5.41) is 2.82.